The molecule has 106 valence electrons. The van der Waals surface area contributed by atoms with Crippen LogP contribution in [0.4, 0.5) is 0 Å². The summed E-state index contributed by atoms with van der Waals surface area (Å²) in [6.07, 6.45) is 5.69. The van der Waals surface area contributed by atoms with Gasteiger partial charge in [0.25, 0.3) is 0 Å². The Kier molecular flexibility index (Phi) is 6.19. The molecular weight excluding hydrogens is 244 g/mol. The Bertz CT molecular complexity index is 426. The molecule has 4 nitrogen and oxygen atoms in total. The van der Waals surface area contributed by atoms with Gasteiger partial charge < -0.3 is 14.9 Å². The summed E-state index contributed by atoms with van der Waals surface area (Å²) < 4.78 is 5.03. The van der Waals surface area contributed by atoms with Crippen molar-refractivity contribution in [2.45, 2.75) is 45.4 Å². The van der Waals surface area contributed by atoms with Gasteiger partial charge in [0.05, 0.1) is 7.11 Å². The van der Waals surface area contributed by atoms with Gasteiger partial charge in [-0.2, -0.15) is 0 Å². The highest BCUT2D eigenvalue weighted by Gasteiger charge is 2.18. The van der Waals surface area contributed by atoms with E-state index in [9.17, 15) is 15.0 Å². The number of phenolic OH excluding ortho intramolecular Hbond substituents is 2. The molecule has 0 saturated carbocycles. The van der Waals surface area contributed by atoms with Crippen molar-refractivity contribution < 1.29 is 19.7 Å². The first-order valence-corrected chi connectivity index (χ1v) is 6.73. The maximum Gasteiger partial charge on any atom is 0.170 e. The van der Waals surface area contributed by atoms with E-state index in [0.29, 0.717) is 6.42 Å². The molecule has 0 aliphatic rings. The summed E-state index contributed by atoms with van der Waals surface area (Å²) in [4.78, 5) is 12.1. The van der Waals surface area contributed by atoms with Gasteiger partial charge in [0.2, 0.25) is 0 Å². The third-order valence-electron chi connectivity index (χ3n) is 3.07. The van der Waals surface area contributed by atoms with Gasteiger partial charge in [-0.3, -0.25) is 4.79 Å². The van der Waals surface area contributed by atoms with Crippen LogP contribution in [0, 0.1) is 0 Å². The molecule has 0 heterocycles. The number of carbonyl (C=O) groups excluding carboxylic acids is 1. The molecule has 19 heavy (non-hydrogen) atoms. The second kappa shape index (κ2) is 7.67. The number of ketones is 1. The van der Waals surface area contributed by atoms with Crippen LogP contribution >= 0.6 is 0 Å². The summed E-state index contributed by atoms with van der Waals surface area (Å²) in [5.41, 5.74) is 0.163. The molecule has 0 spiro atoms. The van der Waals surface area contributed by atoms with Crippen LogP contribution in [-0.2, 0) is 0 Å². The maximum absolute atomic E-state index is 12.1. The molecule has 0 fully saturated rings. The van der Waals surface area contributed by atoms with Gasteiger partial charge in [-0.25, -0.2) is 0 Å². The SMILES string of the molecule is CCCCCCCC(=O)c1c(O)cc(O)cc1OC. The summed E-state index contributed by atoms with van der Waals surface area (Å²) >= 11 is 0. The molecule has 0 atom stereocenters. The monoisotopic (exact) mass is 266 g/mol. The van der Waals surface area contributed by atoms with Crippen LogP contribution in [0.15, 0.2) is 12.1 Å². The maximum atomic E-state index is 12.1. The highest BCUT2D eigenvalue weighted by Crippen LogP contribution is 2.33. The molecule has 0 aliphatic heterocycles. The standard InChI is InChI=1S/C15H22O4/c1-3-4-5-6-7-8-12(17)15-13(18)9-11(16)10-14(15)19-2/h9-10,16,18H,3-8H2,1-2H3. The van der Waals surface area contributed by atoms with E-state index in [-0.39, 0.29) is 28.6 Å². The minimum atomic E-state index is -0.226. The van der Waals surface area contributed by atoms with Crippen molar-refractivity contribution >= 4 is 5.78 Å². The van der Waals surface area contributed by atoms with Crippen LogP contribution in [-0.4, -0.2) is 23.1 Å². The summed E-state index contributed by atoms with van der Waals surface area (Å²) in [6.45, 7) is 2.14. The quantitative estimate of drug-likeness (QED) is 0.556. The van der Waals surface area contributed by atoms with Gasteiger partial charge in [0.15, 0.2) is 5.78 Å². The molecule has 0 unspecified atom stereocenters. The number of methoxy groups -OCH3 is 1. The van der Waals surface area contributed by atoms with Crippen LogP contribution in [0.1, 0.15) is 55.8 Å². The van der Waals surface area contributed by atoms with Crippen LogP contribution < -0.4 is 4.74 Å². The number of Topliss-reactive ketones (excluding diaryl/α,β-unsaturated/α-hetero) is 1. The summed E-state index contributed by atoms with van der Waals surface area (Å²) in [6, 6.07) is 2.50. The normalized spacial score (nSPS) is 10.4. The molecule has 2 N–H and O–H groups in total. The third kappa shape index (κ3) is 4.47. The molecule has 0 amide bonds. The minimum absolute atomic E-state index is 0.117. The molecule has 0 aromatic heterocycles. The predicted octanol–water partition coefficient (Wildman–Crippen LogP) is 3.65. The Labute approximate surface area is 114 Å². The highest BCUT2D eigenvalue weighted by molar-refractivity contribution is 6.01. The Balaban J connectivity index is 2.66. The largest absolute Gasteiger partial charge is 0.508 e. The molecule has 4 heteroatoms. The number of ether oxygens (including phenoxy) is 1. The van der Waals surface area contributed by atoms with Crippen molar-refractivity contribution in [3.05, 3.63) is 17.7 Å². The van der Waals surface area contributed by atoms with Crippen LogP contribution in [0.2, 0.25) is 0 Å². The zero-order chi connectivity index (χ0) is 14.3. The van der Waals surface area contributed by atoms with Crippen LogP contribution in [0.5, 0.6) is 17.2 Å². The zero-order valence-electron chi connectivity index (χ0n) is 11.6. The topological polar surface area (TPSA) is 66.8 Å². The van der Waals surface area contributed by atoms with Crippen molar-refractivity contribution in [2.24, 2.45) is 0 Å². The lowest BCUT2D eigenvalue weighted by Gasteiger charge is -2.10. The molecule has 0 bridgehead atoms. The van der Waals surface area contributed by atoms with Crippen molar-refractivity contribution in [3.63, 3.8) is 0 Å². The van der Waals surface area contributed by atoms with Gasteiger partial charge >= 0.3 is 0 Å². The van der Waals surface area contributed by atoms with Gasteiger partial charge in [0.1, 0.15) is 22.8 Å². The van der Waals surface area contributed by atoms with E-state index in [4.69, 9.17) is 4.74 Å². The van der Waals surface area contributed by atoms with E-state index < -0.39 is 0 Å². The second-order valence-electron chi connectivity index (χ2n) is 4.63. The average molecular weight is 266 g/mol. The minimum Gasteiger partial charge on any atom is -0.508 e. The zero-order valence-corrected chi connectivity index (χ0v) is 11.6. The lowest BCUT2D eigenvalue weighted by molar-refractivity contribution is 0.0973. The third-order valence-corrected chi connectivity index (χ3v) is 3.07. The Hall–Kier alpha value is -1.71. The Morgan fingerprint density at radius 1 is 1.16 bits per heavy atom. The second-order valence-corrected chi connectivity index (χ2v) is 4.63. The van der Waals surface area contributed by atoms with E-state index in [2.05, 4.69) is 6.92 Å². The van der Waals surface area contributed by atoms with Crippen LogP contribution in [0.3, 0.4) is 0 Å². The van der Waals surface area contributed by atoms with E-state index in [0.717, 1.165) is 25.3 Å². The summed E-state index contributed by atoms with van der Waals surface area (Å²) in [5, 5.41) is 19.1. The van der Waals surface area contributed by atoms with Gasteiger partial charge in [-0.15, -0.1) is 0 Å². The van der Waals surface area contributed by atoms with E-state index in [1.165, 1.54) is 26.0 Å². The van der Waals surface area contributed by atoms with Crippen LogP contribution in [0.25, 0.3) is 0 Å². The van der Waals surface area contributed by atoms with Crippen molar-refractivity contribution in [2.75, 3.05) is 7.11 Å². The Morgan fingerprint density at radius 2 is 1.84 bits per heavy atom. The van der Waals surface area contributed by atoms with E-state index in [1.807, 2.05) is 0 Å². The number of aromatic hydroxyl groups is 2. The molecule has 0 aliphatic carbocycles. The molecule has 1 rings (SSSR count). The Morgan fingerprint density at radius 3 is 2.47 bits per heavy atom. The van der Waals surface area contributed by atoms with Gasteiger partial charge in [0, 0.05) is 18.6 Å². The number of phenols is 2. The molecule has 0 radical (unpaired) electrons. The first kappa shape index (κ1) is 15.3. The lowest BCUT2D eigenvalue weighted by atomic mass is 10.0. The molecule has 0 saturated heterocycles. The van der Waals surface area contributed by atoms with Gasteiger partial charge in [-0.1, -0.05) is 32.6 Å². The van der Waals surface area contributed by atoms with Gasteiger partial charge in [-0.05, 0) is 6.42 Å². The smallest absolute Gasteiger partial charge is 0.170 e. The number of hydrogen-bond acceptors (Lipinski definition) is 4. The molecule has 1 aromatic carbocycles. The van der Waals surface area contributed by atoms with E-state index in [1.54, 1.807) is 0 Å². The number of carbonyl (C=O) groups is 1. The first-order chi connectivity index (χ1) is 9.10. The fourth-order valence-electron chi connectivity index (χ4n) is 2.04. The van der Waals surface area contributed by atoms with Crippen molar-refractivity contribution in [3.8, 4) is 17.2 Å². The average Bonchev–Trinajstić information content (AvgIpc) is 2.37. The highest BCUT2D eigenvalue weighted by atomic mass is 16.5. The predicted molar refractivity (Wildman–Crippen MR) is 74.0 cm³/mol. The summed E-state index contributed by atoms with van der Waals surface area (Å²) in [7, 11) is 1.41. The van der Waals surface area contributed by atoms with Crippen molar-refractivity contribution in [1.82, 2.24) is 0 Å². The first-order valence-electron chi connectivity index (χ1n) is 6.73. The van der Waals surface area contributed by atoms with E-state index >= 15 is 0 Å². The molecule has 1 aromatic rings. The fourth-order valence-corrected chi connectivity index (χ4v) is 2.04. The number of hydrogen-bond donors (Lipinski definition) is 2. The number of benzene rings is 1. The summed E-state index contributed by atoms with van der Waals surface area (Å²) in [5.74, 6) is -0.272. The van der Waals surface area contributed by atoms with Crippen molar-refractivity contribution in [1.29, 1.82) is 0 Å². The lowest BCUT2D eigenvalue weighted by Crippen LogP contribution is -2.03. The number of rotatable bonds is 8. The molecular formula is C15H22O4. The fraction of sp³-hybridized carbons (Fsp3) is 0.533. The number of unbranched alkanes of at least 4 members (excludes halogenated alkanes) is 4.